The van der Waals surface area contributed by atoms with E-state index in [-0.39, 0.29) is 17.9 Å². The van der Waals surface area contributed by atoms with Crippen molar-refractivity contribution < 1.29 is 28.9 Å². The van der Waals surface area contributed by atoms with Gasteiger partial charge in [0.15, 0.2) is 0 Å². The molecule has 7 nitrogen and oxygen atoms in total. The lowest BCUT2D eigenvalue weighted by Crippen LogP contribution is -2.22. The summed E-state index contributed by atoms with van der Waals surface area (Å²) in [6.07, 6.45) is 1.08. The second-order valence-electron chi connectivity index (χ2n) is 6.14. The Kier molecular flexibility index (Phi) is 6.42. The number of carbonyl (C=O) groups excluding carboxylic acids is 1. The first kappa shape index (κ1) is 19.9. The number of carboxylic acid groups (broad SMARTS) is 1. The Bertz CT molecular complexity index is 955. The topological polar surface area (TPSA) is 95.0 Å². The summed E-state index contributed by atoms with van der Waals surface area (Å²) in [5.74, 6) is 0.213. The molecule has 0 aliphatic rings. The van der Waals surface area contributed by atoms with Gasteiger partial charge in [-0.1, -0.05) is 6.07 Å². The number of pyridine rings is 1. The van der Waals surface area contributed by atoms with E-state index in [4.69, 9.17) is 19.3 Å². The molecule has 1 atom stereocenters. The number of carboxylic acids is 1. The van der Waals surface area contributed by atoms with Crippen LogP contribution in [0.1, 0.15) is 27.8 Å². The van der Waals surface area contributed by atoms with Gasteiger partial charge in [-0.15, -0.1) is 0 Å². The molecule has 0 amide bonds. The molecule has 2 aromatic carbocycles. The Hall–Kier alpha value is -3.87. The molecule has 1 unspecified atom stereocenters. The Morgan fingerprint density at radius 1 is 0.931 bits per heavy atom. The van der Waals surface area contributed by atoms with Crippen molar-refractivity contribution in [2.24, 2.45) is 0 Å². The number of carbonyl (C=O) groups is 2. The molecule has 29 heavy (non-hydrogen) atoms. The molecule has 0 aliphatic heterocycles. The van der Waals surface area contributed by atoms with Gasteiger partial charge in [0, 0.05) is 6.20 Å². The first-order chi connectivity index (χ1) is 14.0. The molecule has 7 heteroatoms. The van der Waals surface area contributed by atoms with Crippen LogP contribution in [0.4, 0.5) is 0 Å². The van der Waals surface area contributed by atoms with E-state index in [1.807, 2.05) is 0 Å². The molecule has 3 aromatic rings. The summed E-state index contributed by atoms with van der Waals surface area (Å²) < 4.78 is 16.6. The van der Waals surface area contributed by atoms with Crippen LogP contribution in [0, 0.1) is 0 Å². The molecular formula is C22H19NO6. The molecule has 1 aromatic heterocycles. The first-order valence-corrected chi connectivity index (χ1v) is 8.87. The molecule has 1 N–H and O–H groups in total. The average Bonchev–Trinajstić information content (AvgIpc) is 2.74. The molecule has 0 saturated heterocycles. The first-order valence-electron chi connectivity index (χ1n) is 8.87. The highest BCUT2D eigenvalue weighted by molar-refractivity contribution is 5.87. The SMILES string of the molecule is CC(COc1ccc(Oc2ccc(C(=O)O)cc2)cc1)OC(=O)c1ccccn1. The van der Waals surface area contributed by atoms with Gasteiger partial charge in [-0.05, 0) is 67.6 Å². The minimum atomic E-state index is -0.988. The van der Waals surface area contributed by atoms with Gasteiger partial charge in [-0.3, -0.25) is 0 Å². The molecule has 1 heterocycles. The van der Waals surface area contributed by atoms with Gasteiger partial charge in [-0.2, -0.15) is 0 Å². The minimum Gasteiger partial charge on any atom is -0.490 e. The van der Waals surface area contributed by atoms with E-state index in [1.165, 1.54) is 18.3 Å². The maximum absolute atomic E-state index is 12.0. The molecular weight excluding hydrogens is 374 g/mol. The van der Waals surface area contributed by atoms with Gasteiger partial charge in [0.05, 0.1) is 5.56 Å². The van der Waals surface area contributed by atoms with E-state index in [0.29, 0.717) is 17.2 Å². The second kappa shape index (κ2) is 9.36. The Morgan fingerprint density at radius 2 is 1.55 bits per heavy atom. The number of aromatic nitrogens is 1. The Labute approximate surface area is 167 Å². The number of ether oxygens (including phenoxy) is 3. The molecule has 0 fully saturated rings. The summed E-state index contributed by atoms with van der Waals surface area (Å²) in [5.41, 5.74) is 0.441. The van der Waals surface area contributed by atoms with E-state index in [0.717, 1.165) is 0 Å². The van der Waals surface area contributed by atoms with Crippen LogP contribution in [0.5, 0.6) is 17.2 Å². The van der Waals surface area contributed by atoms with Crippen molar-refractivity contribution >= 4 is 11.9 Å². The van der Waals surface area contributed by atoms with Crippen molar-refractivity contribution in [2.75, 3.05) is 6.61 Å². The molecule has 0 bridgehead atoms. The van der Waals surface area contributed by atoms with E-state index >= 15 is 0 Å². The summed E-state index contributed by atoms with van der Waals surface area (Å²) in [7, 11) is 0. The highest BCUT2D eigenvalue weighted by atomic mass is 16.6. The van der Waals surface area contributed by atoms with Crippen LogP contribution >= 0.6 is 0 Å². The third-order valence-corrected chi connectivity index (χ3v) is 3.83. The molecule has 0 radical (unpaired) electrons. The fraction of sp³-hybridized carbons (Fsp3) is 0.136. The Balaban J connectivity index is 1.48. The summed E-state index contributed by atoms with van der Waals surface area (Å²) in [4.78, 5) is 26.8. The molecule has 148 valence electrons. The number of benzene rings is 2. The van der Waals surface area contributed by atoms with Crippen molar-refractivity contribution in [1.29, 1.82) is 0 Å². The third-order valence-electron chi connectivity index (χ3n) is 3.83. The smallest absolute Gasteiger partial charge is 0.357 e. The van der Waals surface area contributed by atoms with Crippen LogP contribution in [0.2, 0.25) is 0 Å². The maximum atomic E-state index is 12.0. The molecule has 0 aliphatic carbocycles. The monoisotopic (exact) mass is 393 g/mol. The number of esters is 1. The summed E-state index contributed by atoms with van der Waals surface area (Å²) in [5, 5.41) is 8.91. The van der Waals surface area contributed by atoms with Crippen LogP contribution in [0.25, 0.3) is 0 Å². The van der Waals surface area contributed by atoms with Gasteiger partial charge in [0.1, 0.15) is 35.7 Å². The quantitative estimate of drug-likeness (QED) is 0.573. The number of hydrogen-bond donors (Lipinski definition) is 1. The van der Waals surface area contributed by atoms with Gasteiger partial charge in [-0.25, -0.2) is 14.6 Å². The second-order valence-corrected chi connectivity index (χ2v) is 6.14. The summed E-state index contributed by atoms with van der Waals surface area (Å²) in [6.45, 7) is 1.93. The lowest BCUT2D eigenvalue weighted by molar-refractivity contribution is 0.0222. The zero-order valence-corrected chi connectivity index (χ0v) is 15.6. The average molecular weight is 393 g/mol. The molecule has 0 saturated carbocycles. The van der Waals surface area contributed by atoms with E-state index in [2.05, 4.69) is 4.98 Å². The van der Waals surface area contributed by atoms with E-state index in [1.54, 1.807) is 61.5 Å². The van der Waals surface area contributed by atoms with Crippen LogP contribution < -0.4 is 9.47 Å². The van der Waals surface area contributed by atoms with Gasteiger partial charge < -0.3 is 19.3 Å². The van der Waals surface area contributed by atoms with E-state index in [9.17, 15) is 9.59 Å². The van der Waals surface area contributed by atoms with Gasteiger partial charge >= 0.3 is 11.9 Å². The summed E-state index contributed by atoms with van der Waals surface area (Å²) >= 11 is 0. The number of hydrogen-bond acceptors (Lipinski definition) is 6. The predicted octanol–water partition coefficient (Wildman–Crippen LogP) is 4.20. The van der Waals surface area contributed by atoms with Crippen LogP contribution in [-0.4, -0.2) is 34.7 Å². The van der Waals surface area contributed by atoms with Crippen LogP contribution in [-0.2, 0) is 4.74 Å². The number of rotatable bonds is 8. The number of aromatic carboxylic acids is 1. The lowest BCUT2D eigenvalue weighted by Gasteiger charge is -2.14. The van der Waals surface area contributed by atoms with Crippen LogP contribution in [0.15, 0.2) is 72.9 Å². The van der Waals surface area contributed by atoms with Crippen molar-refractivity contribution in [3.63, 3.8) is 0 Å². The van der Waals surface area contributed by atoms with Crippen molar-refractivity contribution in [3.05, 3.63) is 84.2 Å². The zero-order chi connectivity index (χ0) is 20.6. The lowest BCUT2D eigenvalue weighted by atomic mass is 10.2. The maximum Gasteiger partial charge on any atom is 0.357 e. The predicted molar refractivity (Wildman–Crippen MR) is 105 cm³/mol. The standard InChI is InChI=1S/C22H19NO6/c1-15(28-22(26)20-4-2-3-13-23-20)14-27-17-9-11-19(12-10-17)29-18-7-5-16(6-8-18)21(24)25/h2-13,15H,14H2,1H3,(H,24,25). The van der Waals surface area contributed by atoms with Gasteiger partial charge in [0.25, 0.3) is 0 Å². The van der Waals surface area contributed by atoms with Gasteiger partial charge in [0.2, 0.25) is 0 Å². The van der Waals surface area contributed by atoms with Crippen LogP contribution in [0.3, 0.4) is 0 Å². The molecule has 3 rings (SSSR count). The zero-order valence-electron chi connectivity index (χ0n) is 15.6. The number of nitrogens with zero attached hydrogens (tertiary/aromatic N) is 1. The summed E-state index contributed by atoms with van der Waals surface area (Å²) in [6, 6.07) is 18.1. The molecule has 0 spiro atoms. The minimum absolute atomic E-state index is 0.190. The fourth-order valence-corrected chi connectivity index (χ4v) is 2.38. The van der Waals surface area contributed by atoms with E-state index < -0.39 is 18.0 Å². The fourth-order valence-electron chi connectivity index (χ4n) is 2.38. The normalized spacial score (nSPS) is 11.3. The Morgan fingerprint density at radius 3 is 2.14 bits per heavy atom. The van der Waals surface area contributed by atoms with Crippen molar-refractivity contribution in [3.8, 4) is 17.2 Å². The van der Waals surface area contributed by atoms with Crippen molar-refractivity contribution in [1.82, 2.24) is 4.98 Å². The highest BCUT2D eigenvalue weighted by Gasteiger charge is 2.13. The van der Waals surface area contributed by atoms with Crippen molar-refractivity contribution in [2.45, 2.75) is 13.0 Å². The largest absolute Gasteiger partial charge is 0.490 e. The third kappa shape index (κ3) is 5.80. The highest BCUT2D eigenvalue weighted by Crippen LogP contribution is 2.24.